The lowest BCUT2D eigenvalue weighted by Crippen LogP contribution is -2.29. The molecule has 0 spiro atoms. The summed E-state index contributed by atoms with van der Waals surface area (Å²) in [5.41, 5.74) is 7.67. The molecule has 1 aromatic carbocycles. The molecule has 26 heavy (non-hydrogen) atoms. The number of anilines is 2. The normalized spacial score (nSPS) is 10.5. The summed E-state index contributed by atoms with van der Waals surface area (Å²) in [5.74, 6) is 0.688. The molecule has 0 saturated heterocycles. The summed E-state index contributed by atoms with van der Waals surface area (Å²) < 4.78 is 1.24. The number of nitrogens with one attached hydrogen (secondary N) is 1. The predicted octanol–water partition coefficient (Wildman–Crippen LogP) is 0.603. The van der Waals surface area contributed by atoms with E-state index in [4.69, 9.17) is 5.73 Å². The van der Waals surface area contributed by atoms with Gasteiger partial charge in [0.05, 0.1) is 0 Å². The van der Waals surface area contributed by atoms with Gasteiger partial charge in [0, 0.05) is 31.9 Å². The van der Waals surface area contributed by atoms with Crippen molar-refractivity contribution in [3.05, 3.63) is 59.8 Å². The lowest BCUT2D eigenvalue weighted by Gasteiger charge is -2.21. The van der Waals surface area contributed by atoms with Gasteiger partial charge in [-0.25, -0.2) is 9.67 Å². The number of tetrazole rings is 1. The zero-order chi connectivity index (χ0) is 18.4. The monoisotopic (exact) mass is 352 g/mol. The molecule has 3 N–H and O–H groups in total. The van der Waals surface area contributed by atoms with E-state index in [9.17, 15) is 4.79 Å². The van der Waals surface area contributed by atoms with Crippen molar-refractivity contribution in [2.24, 2.45) is 0 Å². The van der Waals surface area contributed by atoms with Crippen molar-refractivity contribution in [1.82, 2.24) is 30.5 Å². The quantitative estimate of drug-likeness (QED) is 0.640. The topological polar surface area (TPSA) is 115 Å². The van der Waals surface area contributed by atoms with Gasteiger partial charge in [0.15, 0.2) is 0 Å². The summed E-state index contributed by atoms with van der Waals surface area (Å²) in [6.07, 6.45) is 1.74. The van der Waals surface area contributed by atoms with Crippen molar-refractivity contribution in [3.8, 4) is 0 Å². The molecule has 0 unspecified atom stereocenters. The molecule has 0 bridgehead atoms. The fraction of sp³-hybridized carbons (Fsp3) is 0.235. The van der Waals surface area contributed by atoms with Crippen molar-refractivity contribution in [2.75, 3.05) is 17.7 Å². The second kappa shape index (κ2) is 8.06. The van der Waals surface area contributed by atoms with Crippen LogP contribution in [-0.2, 0) is 24.4 Å². The molecular weight excluding hydrogens is 332 g/mol. The number of rotatable bonds is 7. The number of carbonyl (C=O) groups is 1. The van der Waals surface area contributed by atoms with Crippen molar-refractivity contribution in [1.29, 1.82) is 0 Å². The fourth-order valence-corrected chi connectivity index (χ4v) is 2.55. The molecule has 0 radical (unpaired) electrons. The van der Waals surface area contributed by atoms with Gasteiger partial charge in [-0.05, 0) is 22.1 Å². The van der Waals surface area contributed by atoms with Crippen molar-refractivity contribution in [2.45, 2.75) is 19.6 Å². The summed E-state index contributed by atoms with van der Waals surface area (Å²) in [7, 11) is 1.97. The van der Waals surface area contributed by atoms with Gasteiger partial charge in [0.25, 0.3) is 0 Å². The van der Waals surface area contributed by atoms with E-state index in [1.165, 1.54) is 10.2 Å². The Balaban J connectivity index is 1.63. The molecule has 0 atom stereocenters. The molecule has 0 saturated carbocycles. The van der Waals surface area contributed by atoms with Crippen LogP contribution in [0.3, 0.4) is 0 Å². The van der Waals surface area contributed by atoms with E-state index in [2.05, 4.69) is 42.9 Å². The maximum absolute atomic E-state index is 12.1. The SMILES string of the molecule is CN(Cc1ccccc1)c1ncccc1CNC(=O)Cn1nnnc1N. The Morgan fingerprint density at radius 3 is 2.77 bits per heavy atom. The van der Waals surface area contributed by atoms with Crippen LogP contribution in [0.4, 0.5) is 11.8 Å². The minimum atomic E-state index is -0.232. The molecule has 3 aromatic rings. The zero-order valence-electron chi connectivity index (χ0n) is 14.4. The van der Waals surface area contributed by atoms with E-state index in [-0.39, 0.29) is 18.4 Å². The van der Waals surface area contributed by atoms with E-state index in [1.54, 1.807) is 6.20 Å². The number of pyridine rings is 1. The summed E-state index contributed by atoms with van der Waals surface area (Å²) in [5, 5.41) is 13.5. The molecular formula is C17H20N8O. The Hall–Kier alpha value is -3.49. The highest BCUT2D eigenvalue weighted by Gasteiger charge is 2.12. The standard InChI is InChI=1S/C17H20N8O/c1-24(11-13-6-3-2-4-7-13)16-14(8-5-9-19-16)10-20-15(26)12-25-17(18)21-22-23-25/h2-9H,10-12H2,1H3,(H,20,26)(H2,18,21,23). The van der Waals surface area contributed by atoms with Gasteiger partial charge < -0.3 is 16.0 Å². The first kappa shape index (κ1) is 17.3. The predicted molar refractivity (Wildman–Crippen MR) is 96.9 cm³/mol. The molecule has 3 rings (SSSR count). The minimum Gasteiger partial charge on any atom is -0.367 e. The molecule has 9 heteroatoms. The first-order chi connectivity index (χ1) is 12.6. The Morgan fingerprint density at radius 1 is 1.23 bits per heavy atom. The number of hydrogen-bond donors (Lipinski definition) is 2. The average molecular weight is 352 g/mol. The van der Waals surface area contributed by atoms with Gasteiger partial charge in [-0.3, -0.25) is 4.79 Å². The smallest absolute Gasteiger partial charge is 0.242 e. The van der Waals surface area contributed by atoms with Gasteiger partial charge in [0.2, 0.25) is 11.9 Å². The number of nitrogen functional groups attached to an aromatic ring is 1. The van der Waals surface area contributed by atoms with E-state index >= 15 is 0 Å². The summed E-state index contributed by atoms with van der Waals surface area (Å²) in [4.78, 5) is 18.6. The maximum atomic E-state index is 12.1. The number of nitrogens with zero attached hydrogens (tertiary/aromatic N) is 6. The first-order valence-electron chi connectivity index (χ1n) is 8.11. The van der Waals surface area contributed by atoms with Crippen LogP contribution in [0.15, 0.2) is 48.7 Å². The lowest BCUT2D eigenvalue weighted by atomic mass is 10.2. The number of nitrogens with two attached hydrogens (primary N) is 1. The first-order valence-corrected chi connectivity index (χ1v) is 8.11. The highest BCUT2D eigenvalue weighted by molar-refractivity contribution is 5.76. The van der Waals surface area contributed by atoms with E-state index in [1.807, 2.05) is 37.4 Å². The Bertz CT molecular complexity index is 864. The molecule has 2 heterocycles. The fourth-order valence-electron chi connectivity index (χ4n) is 2.55. The lowest BCUT2D eigenvalue weighted by molar-refractivity contribution is -0.122. The minimum absolute atomic E-state index is 0.0334. The molecule has 0 aliphatic heterocycles. The largest absolute Gasteiger partial charge is 0.367 e. The molecule has 0 aliphatic carbocycles. The van der Waals surface area contributed by atoms with E-state index < -0.39 is 0 Å². The second-order valence-corrected chi connectivity index (χ2v) is 5.80. The van der Waals surface area contributed by atoms with Crippen LogP contribution < -0.4 is 16.0 Å². The maximum Gasteiger partial charge on any atom is 0.242 e. The number of benzene rings is 1. The van der Waals surface area contributed by atoms with Crippen LogP contribution >= 0.6 is 0 Å². The summed E-state index contributed by atoms with van der Waals surface area (Å²) in [6.45, 7) is 1.04. The van der Waals surface area contributed by atoms with E-state index in [0.29, 0.717) is 6.54 Å². The number of carbonyl (C=O) groups excluding carboxylic acids is 1. The Morgan fingerprint density at radius 2 is 2.04 bits per heavy atom. The molecule has 0 fully saturated rings. The van der Waals surface area contributed by atoms with Gasteiger partial charge in [0.1, 0.15) is 12.4 Å². The Labute approximate surface area is 150 Å². The van der Waals surface area contributed by atoms with Gasteiger partial charge in [-0.15, -0.1) is 0 Å². The van der Waals surface area contributed by atoms with Crippen LogP contribution in [0.5, 0.6) is 0 Å². The van der Waals surface area contributed by atoms with Crippen LogP contribution in [0.1, 0.15) is 11.1 Å². The van der Waals surface area contributed by atoms with Gasteiger partial charge >= 0.3 is 0 Å². The number of amides is 1. The molecule has 134 valence electrons. The molecule has 2 aromatic heterocycles. The highest BCUT2D eigenvalue weighted by Crippen LogP contribution is 2.18. The number of hydrogen-bond acceptors (Lipinski definition) is 7. The van der Waals surface area contributed by atoms with Crippen LogP contribution in [0.2, 0.25) is 0 Å². The summed E-state index contributed by atoms with van der Waals surface area (Å²) in [6, 6.07) is 13.9. The third-order valence-electron chi connectivity index (χ3n) is 3.82. The van der Waals surface area contributed by atoms with Crippen LogP contribution in [-0.4, -0.2) is 38.1 Å². The molecule has 1 amide bonds. The Kier molecular flexibility index (Phi) is 5.37. The van der Waals surface area contributed by atoms with Crippen molar-refractivity contribution in [3.63, 3.8) is 0 Å². The summed E-state index contributed by atoms with van der Waals surface area (Å²) >= 11 is 0. The highest BCUT2D eigenvalue weighted by atomic mass is 16.2. The van der Waals surface area contributed by atoms with E-state index in [0.717, 1.165) is 17.9 Å². The zero-order valence-corrected chi connectivity index (χ0v) is 14.4. The number of aromatic nitrogens is 5. The van der Waals surface area contributed by atoms with Crippen molar-refractivity contribution >= 4 is 17.7 Å². The second-order valence-electron chi connectivity index (χ2n) is 5.80. The van der Waals surface area contributed by atoms with Gasteiger partial charge in [-0.2, -0.15) is 0 Å². The average Bonchev–Trinajstić information content (AvgIpc) is 3.05. The van der Waals surface area contributed by atoms with Crippen LogP contribution in [0, 0.1) is 0 Å². The molecule has 9 nitrogen and oxygen atoms in total. The third-order valence-corrected chi connectivity index (χ3v) is 3.82. The van der Waals surface area contributed by atoms with Gasteiger partial charge in [-0.1, -0.05) is 41.5 Å². The molecule has 0 aliphatic rings. The van der Waals surface area contributed by atoms with Crippen molar-refractivity contribution < 1.29 is 4.79 Å². The van der Waals surface area contributed by atoms with Crippen LogP contribution in [0.25, 0.3) is 0 Å². The third kappa shape index (κ3) is 4.32.